The molecule has 0 unspecified atom stereocenters. The summed E-state index contributed by atoms with van der Waals surface area (Å²) in [4.78, 5) is 41.8. The van der Waals surface area contributed by atoms with Gasteiger partial charge in [-0.25, -0.2) is 4.39 Å². The van der Waals surface area contributed by atoms with E-state index in [0.29, 0.717) is 18.5 Å². The Morgan fingerprint density at radius 1 is 1.03 bits per heavy atom. The van der Waals surface area contributed by atoms with E-state index in [0.717, 1.165) is 69.3 Å². The fourth-order valence-electron chi connectivity index (χ4n) is 5.28. The zero-order valence-electron chi connectivity index (χ0n) is 21.3. The second-order valence-corrected chi connectivity index (χ2v) is 10.8. The molecule has 0 aliphatic heterocycles. The first-order valence-electron chi connectivity index (χ1n) is 13.3. The molecule has 1 aromatic carbocycles. The van der Waals surface area contributed by atoms with Crippen LogP contribution in [0.15, 0.2) is 24.3 Å². The van der Waals surface area contributed by atoms with E-state index < -0.39 is 23.7 Å². The average molecular weight is 530 g/mol. The lowest BCUT2D eigenvalue weighted by atomic mass is 9.95. The second kappa shape index (κ2) is 12.5. The summed E-state index contributed by atoms with van der Waals surface area (Å²) in [7, 11) is 0. The molecule has 200 valence electrons. The molecule has 10 heteroatoms. The predicted molar refractivity (Wildman–Crippen MR) is 143 cm³/mol. The van der Waals surface area contributed by atoms with Crippen molar-refractivity contribution < 1.29 is 18.8 Å². The Bertz CT molecular complexity index is 1090. The van der Waals surface area contributed by atoms with E-state index in [1.54, 1.807) is 0 Å². The van der Waals surface area contributed by atoms with Crippen LogP contribution in [0.2, 0.25) is 0 Å². The summed E-state index contributed by atoms with van der Waals surface area (Å²) in [6.45, 7) is 1.94. The van der Waals surface area contributed by atoms with Gasteiger partial charge in [-0.05, 0) is 67.9 Å². The van der Waals surface area contributed by atoms with Gasteiger partial charge in [-0.3, -0.25) is 19.3 Å². The molecule has 1 atom stereocenters. The van der Waals surface area contributed by atoms with E-state index in [4.69, 9.17) is 5.73 Å². The summed E-state index contributed by atoms with van der Waals surface area (Å²) < 4.78 is 18.0. The molecule has 0 spiro atoms. The second-order valence-electron chi connectivity index (χ2n) is 10.0. The maximum Gasteiger partial charge on any atom is 0.273 e. The Kier molecular flexibility index (Phi) is 9.13. The molecule has 0 radical (unpaired) electrons. The molecule has 3 amide bonds. The van der Waals surface area contributed by atoms with Crippen LogP contribution in [0.3, 0.4) is 0 Å². The third kappa shape index (κ3) is 6.47. The van der Waals surface area contributed by atoms with Gasteiger partial charge in [0.15, 0.2) is 5.69 Å². The predicted octanol–water partition coefficient (Wildman–Crippen LogP) is 4.80. The Morgan fingerprint density at radius 2 is 1.62 bits per heavy atom. The zero-order chi connectivity index (χ0) is 26.4. The van der Waals surface area contributed by atoms with Gasteiger partial charge < -0.3 is 16.4 Å². The Balaban J connectivity index is 1.62. The van der Waals surface area contributed by atoms with E-state index in [2.05, 4.69) is 15.0 Å². The van der Waals surface area contributed by atoms with Crippen LogP contribution >= 0.6 is 11.5 Å². The number of aromatic nitrogens is 1. The highest BCUT2D eigenvalue weighted by atomic mass is 32.1. The maximum atomic E-state index is 13.9. The molecule has 0 bridgehead atoms. The van der Waals surface area contributed by atoms with Crippen molar-refractivity contribution in [2.45, 2.75) is 95.7 Å². The highest BCUT2D eigenvalue weighted by Gasteiger charge is 2.35. The number of carbonyl (C=O) groups is 3. The molecule has 2 aliphatic rings. The van der Waals surface area contributed by atoms with Crippen LogP contribution in [0.4, 0.5) is 15.8 Å². The molecular formula is C27H36FN5O3S. The van der Waals surface area contributed by atoms with Crippen molar-refractivity contribution >= 4 is 40.6 Å². The SMILES string of the molecule is CCC[C@H](C(=O)NC1CCCC1)N(C(=O)c1snc(C(=O)NC2CCCCC2)c1N)c1ccc(F)cc1. The van der Waals surface area contributed by atoms with Gasteiger partial charge in [-0.2, -0.15) is 4.37 Å². The minimum absolute atomic E-state index is 0.00173. The average Bonchev–Trinajstić information content (AvgIpc) is 3.54. The largest absolute Gasteiger partial charge is 0.395 e. The smallest absolute Gasteiger partial charge is 0.273 e. The molecular weight excluding hydrogens is 493 g/mol. The molecule has 37 heavy (non-hydrogen) atoms. The quantitative estimate of drug-likeness (QED) is 0.431. The molecule has 4 N–H and O–H groups in total. The minimum Gasteiger partial charge on any atom is -0.395 e. The van der Waals surface area contributed by atoms with Crippen LogP contribution in [0.5, 0.6) is 0 Å². The zero-order valence-corrected chi connectivity index (χ0v) is 22.1. The fourth-order valence-corrected chi connectivity index (χ4v) is 6.02. The number of nitrogens with one attached hydrogen (secondary N) is 2. The third-order valence-corrected chi connectivity index (χ3v) is 8.13. The number of nitrogens with zero attached hydrogens (tertiary/aromatic N) is 2. The monoisotopic (exact) mass is 529 g/mol. The molecule has 8 nitrogen and oxygen atoms in total. The van der Waals surface area contributed by atoms with Gasteiger partial charge in [0.05, 0.1) is 5.69 Å². The van der Waals surface area contributed by atoms with Gasteiger partial charge >= 0.3 is 0 Å². The molecule has 0 saturated heterocycles. The summed E-state index contributed by atoms with van der Waals surface area (Å²) >= 11 is 0.848. The van der Waals surface area contributed by atoms with Gasteiger partial charge in [0.25, 0.3) is 11.8 Å². The Hall–Kier alpha value is -3.01. The van der Waals surface area contributed by atoms with Crippen molar-refractivity contribution in [1.82, 2.24) is 15.0 Å². The molecule has 2 fully saturated rings. The first-order valence-corrected chi connectivity index (χ1v) is 14.1. The first-order chi connectivity index (χ1) is 17.9. The number of hydrogen-bond acceptors (Lipinski definition) is 6. The van der Waals surface area contributed by atoms with Crippen LogP contribution in [0.25, 0.3) is 0 Å². The lowest BCUT2D eigenvalue weighted by Gasteiger charge is -2.31. The van der Waals surface area contributed by atoms with E-state index in [1.807, 2.05) is 6.92 Å². The highest BCUT2D eigenvalue weighted by molar-refractivity contribution is 7.09. The van der Waals surface area contributed by atoms with Crippen molar-refractivity contribution in [1.29, 1.82) is 0 Å². The summed E-state index contributed by atoms with van der Waals surface area (Å²) in [6.07, 6.45) is 10.1. The number of halogens is 1. The maximum absolute atomic E-state index is 13.9. The highest BCUT2D eigenvalue weighted by Crippen LogP contribution is 2.30. The number of nitrogens with two attached hydrogens (primary N) is 1. The minimum atomic E-state index is -0.815. The van der Waals surface area contributed by atoms with Crippen LogP contribution < -0.4 is 21.3 Å². The van der Waals surface area contributed by atoms with Crippen molar-refractivity contribution in [3.8, 4) is 0 Å². The molecule has 2 saturated carbocycles. The lowest BCUT2D eigenvalue weighted by molar-refractivity contribution is -0.123. The van der Waals surface area contributed by atoms with Gasteiger partial charge in [-0.15, -0.1) is 0 Å². The number of benzene rings is 1. The van der Waals surface area contributed by atoms with Gasteiger partial charge in [0.1, 0.15) is 16.7 Å². The van der Waals surface area contributed by atoms with Crippen LogP contribution in [-0.4, -0.2) is 40.2 Å². The summed E-state index contributed by atoms with van der Waals surface area (Å²) in [6, 6.07) is 4.81. The summed E-state index contributed by atoms with van der Waals surface area (Å²) in [5, 5.41) is 6.09. The van der Waals surface area contributed by atoms with Crippen molar-refractivity contribution in [2.24, 2.45) is 0 Å². The number of anilines is 2. The van der Waals surface area contributed by atoms with Crippen LogP contribution in [-0.2, 0) is 4.79 Å². The van der Waals surface area contributed by atoms with E-state index in [1.165, 1.54) is 29.2 Å². The van der Waals surface area contributed by atoms with Crippen LogP contribution in [0.1, 0.15) is 97.7 Å². The Morgan fingerprint density at radius 3 is 2.24 bits per heavy atom. The number of amides is 3. The molecule has 1 aromatic heterocycles. The van der Waals surface area contributed by atoms with E-state index in [-0.39, 0.29) is 34.2 Å². The number of carbonyl (C=O) groups excluding carboxylic acids is 3. The lowest BCUT2D eigenvalue weighted by Crippen LogP contribution is -2.51. The number of rotatable bonds is 9. The fraction of sp³-hybridized carbons (Fsp3) is 0.556. The van der Waals surface area contributed by atoms with Gasteiger partial charge in [-0.1, -0.05) is 45.4 Å². The Labute approximate surface area is 221 Å². The third-order valence-electron chi connectivity index (χ3n) is 7.28. The molecule has 2 aromatic rings. The van der Waals surface area contributed by atoms with Crippen molar-refractivity contribution in [3.63, 3.8) is 0 Å². The topological polar surface area (TPSA) is 117 Å². The summed E-state index contributed by atoms with van der Waals surface area (Å²) in [5.74, 6) is -1.61. The normalized spacial score (nSPS) is 17.4. The number of hydrogen-bond donors (Lipinski definition) is 3. The van der Waals surface area contributed by atoms with Crippen LogP contribution in [0, 0.1) is 5.82 Å². The van der Waals surface area contributed by atoms with E-state index in [9.17, 15) is 18.8 Å². The molecule has 1 heterocycles. The van der Waals surface area contributed by atoms with Crippen molar-refractivity contribution in [3.05, 3.63) is 40.7 Å². The van der Waals surface area contributed by atoms with E-state index >= 15 is 0 Å². The van der Waals surface area contributed by atoms with Gasteiger partial charge in [0.2, 0.25) is 5.91 Å². The molecule has 2 aliphatic carbocycles. The standard InChI is InChI=1S/C27H36FN5O3S/c1-2-8-21(25(34)30-18-11-6-7-12-18)33(20-15-13-17(28)14-16-20)27(36)24-22(29)23(32-37-24)26(35)31-19-9-4-3-5-10-19/h13-16,18-19,21H,2-12,29H2,1H3,(H,30,34)(H,31,35)/t21-/m1/s1. The summed E-state index contributed by atoms with van der Waals surface area (Å²) in [5.41, 5.74) is 6.72. The first kappa shape index (κ1) is 27.0. The molecule has 4 rings (SSSR count). The van der Waals surface area contributed by atoms with Crippen molar-refractivity contribution in [2.75, 3.05) is 10.6 Å². The van der Waals surface area contributed by atoms with Gasteiger partial charge in [0, 0.05) is 17.8 Å². The number of nitrogen functional groups attached to an aromatic ring is 1.